The molecule has 0 saturated carbocycles. The van der Waals surface area contributed by atoms with Crippen LogP contribution in [0.5, 0.6) is 11.5 Å². The number of hydrogen-bond donors (Lipinski definition) is 2. The molecular weight excluding hydrogens is 412 g/mol. The van der Waals surface area contributed by atoms with Gasteiger partial charge in [0, 0.05) is 4.47 Å². The first-order valence-corrected chi connectivity index (χ1v) is 9.89. The Morgan fingerprint density at radius 1 is 0.571 bits per heavy atom. The van der Waals surface area contributed by atoms with E-state index < -0.39 is 5.41 Å². The van der Waals surface area contributed by atoms with Crippen LogP contribution in [0.4, 0.5) is 0 Å². The Morgan fingerprint density at radius 3 is 1.71 bits per heavy atom. The molecule has 0 saturated heterocycles. The molecule has 0 amide bonds. The fraction of sp³-hybridized carbons (Fsp3) is 0.0400. The summed E-state index contributed by atoms with van der Waals surface area (Å²) in [6.07, 6.45) is 0. The van der Waals surface area contributed by atoms with Gasteiger partial charge in [0.1, 0.15) is 11.5 Å². The van der Waals surface area contributed by atoms with Crippen LogP contribution in [0.25, 0.3) is 11.1 Å². The van der Waals surface area contributed by atoms with Crippen molar-refractivity contribution in [2.45, 2.75) is 5.41 Å². The molecule has 28 heavy (non-hydrogen) atoms. The summed E-state index contributed by atoms with van der Waals surface area (Å²) in [6.45, 7) is 0. The van der Waals surface area contributed by atoms with E-state index in [2.05, 4.69) is 58.4 Å². The fourth-order valence-electron chi connectivity index (χ4n) is 4.50. The van der Waals surface area contributed by atoms with Gasteiger partial charge in [-0.2, -0.15) is 0 Å². The van der Waals surface area contributed by atoms with Crippen LogP contribution in [0.2, 0.25) is 0 Å². The SMILES string of the molecule is Oc1ccc(C2(c3ccc(O)cc3)c3ccccc3-c3cccc(Br)c32)cc1. The molecule has 0 heterocycles. The van der Waals surface area contributed by atoms with Crippen molar-refractivity contribution in [1.82, 2.24) is 0 Å². The Labute approximate surface area is 171 Å². The van der Waals surface area contributed by atoms with Gasteiger partial charge < -0.3 is 10.2 Å². The highest BCUT2D eigenvalue weighted by Gasteiger charge is 2.47. The Hall–Kier alpha value is -3.04. The first-order valence-electron chi connectivity index (χ1n) is 9.10. The lowest BCUT2D eigenvalue weighted by molar-refractivity contribution is 0.474. The smallest absolute Gasteiger partial charge is 0.115 e. The molecule has 0 unspecified atom stereocenters. The van der Waals surface area contributed by atoms with Crippen LogP contribution >= 0.6 is 15.9 Å². The van der Waals surface area contributed by atoms with E-state index in [0.717, 1.165) is 15.6 Å². The lowest BCUT2D eigenvalue weighted by atomic mass is 9.67. The zero-order valence-electron chi connectivity index (χ0n) is 14.9. The molecular formula is C25H17BrO2. The van der Waals surface area contributed by atoms with E-state index in [9.17, 15) is 10.2 Å². The minimum absolute atomic E-state index is 0.239. The third-order valence-corrected chi connectivity index (χ3v) is 6.27. The summed E-state index contributed by atoms with van der Waals surface area (Å²) >= 11 is 3.81. The molecule has 0 spiro atoms. The number of hydrogen-bond acceptors (Lipinski definition) is 2. The van der Waals surface area contributed by atoms with Gasteiger partial charge in [0.05, 0.1) is 5.41 Å². The second kappa shape index (κ2) is 6.25. The molecule has 136 valence electrons. The van der Waals surface area contributed by atoms with Crippen molar-refractivity contribution >= 4 is 15.9 Å². The first kappa shape index (κ1) is 17.1. The Balaban J connectivity index is 1.98. The summed E-state index contributed by atoms with van der Waals surface area (Å²) < 4.78 is 1.03. The second-order valence-electron chi connectivity index (χ2n) is 7.05. The maximum Gasteiger partial charge on any atom is 0.115 e. The van der Waals surface area contributed by atoms with Crippen LogP contribution in [0, 0.1) is 0 Å². The Morgan fingerprint density at radius 2 is 1.11 bits per heavy atom. The molecule has 2 nitrogen and oxygen atoms in total. The van der Waals surface area contributed by atoms with Crippen LogP contribution < -0.4 is 0 Å². The standard InChI is InChI=1S/C25H17BrO2/c26-23-7-3-5-21-20-4-1-2-6-22(20)25(24(21)23,16-8-12-18(27)13-9-16)17-10-14-19(28)15-11-17/h1-15,27-28H. The van der Waals surface area contributed by atoms with Gasteiger partial charge >= 0.3 is 0 Å². The number of fused-ring (bicyclic) bond motifs is 3. The monoisotopic (exact) mass is 428 g/mol. The van der Waals surface area contributed by atoms with Crippen LogP contribution in [0.15, 0.2) is 95.5 Å². The highest BCUT2D eigenvalue weighted by Crippen LogP contribution is 2.58. The molecule has 2 N–H and O–H groups in total. The predicted octanol–water partition coefficient (Wildman–Crippen LogP) is 6.22. The molecule has 4 aromatic rings. The zero-order valence-corrected chi connectivity index (χ0v) is 16.5. The molecule has 3 heteroatoms. The van der Waals surface area contributed by atoms with E-state index in [1.165, 1.54) is 22.3 Å². The van der Waals surface area contributed by atoms with Crippen LogP contribution in [-0.2, 0) is 5.41 Å². The van der Waals surface area contributed by atoms with E-state index in [1.54, 1.807) is 24.3 Å². The number of rotatable bonds is 2. The minimum atomic E-state index is -0.548. The lowest BCUT2D eigenvalue weighted by Crippen LogP contribution is -2.28. The molecule has 0 radical (unpaired) electrons. The van der Waals surface area contributed by atoms with E-state index in [4.69, 9.17) is 0 Å². The quantitative estimate of drug-likeness (QED) is 0.350. The third-order valence-electron chi connectivity index (χ3n) is 5.61. The molecule has 1 aliphatic carbocycles. The highest BCUT2D eigenvalue weighted by atomic mass is 79.9. The minimum Gasteiger partial charge on any atom is -0.508 e. The van der Waals surface area contributed by atoms with Crippen molar-refractivity contribution < 1.29 is 10.2 Å². The maximum absolute atomic E-state index is 9.89. The van der Waals surface area contributed by atoms with Gasteiger partial charge in [-0.05, 0) is 63.7 Å². The summed E-state index contributed by atoms with van der Waals surface area (Å²) in [5.74, 6) is 0.478. The van der Waals surface area contributed by atoms with Crippen molar-refractivity contribution in [3.05, 3.63) is 118 Å². The van der Waals surface area contributed by atoms with Crippen molar-refractivity contribution in [3.8, 4) is 22.6 Å². The number of phenolic OH excluding ortho intramolecular Hbond substituents is 2. The largest absolute Gasteiger partial charge is 0.508 e. The zero-order chi connectivity index (χ0) is 19.3. The molecule has 0 atom stereocenters. The van der Waals surface area contributed by atoms with Crippen molar-refractivity contribution in [2.24, 2.45) is 0 Å². The van der Waals surface area contributed by atoms with Gasteiger partial charge in [-0.3, -0.25) is 0 Å². The number of aromatic hydroxyl groups is 2. The lowest BCUT2D eigenvalue weighted by Gasteiger charge is -2.34. The fourth-order valence-corrected chi connectivity index (χ4v) is 5.16. The van der Waals surface area contributed by atoms with Gasteiger partial charge in [-0.25, -0.2) is 0 Å². The van der Waals surface area contributed by atoms with Crippen LogP contribution in [0.1, 0.15) is 22.3 Å². The van der Waals surface area contributed by atoms with Crippen LogP contribution in [-0.4, -0.2) is 10.2 Å². The van der Waals surface area contributed by atoms with Gasteiger partial charge in [-0.1, -0.05) is 76.6 Å². The molecule has 0 fully saturated rings. The van der Waals surface area contributed by atoms with Gasteiger partial charge in [0.15, 0.2) is 0 Å². The third kappa shape index (κ3) is 2.26. The molecule has 1 aliphatic rings. The second-order valence-corrected chi connectivity index (χ2v) is 7.91. The Bertz CT molecular complexity index is 1130. The van der Waals surface area contributed by atoms with Crippen molar-refractivity contribution in [2.75, 3.05) is 0 Å². The predicted molar refractivity (Wildman–Crippen MR) is 115 cm³/mol. The first-order chi connectivity index (χ1) is 13.6. The van der Waals surface area contributed by atoms with Gasteiger partial charge in [0.25, 0.3) is 0 Å². The van der Waals surface area contributed by atoms with Gasteiger partial charge in [0.2, 0.25) is 0 Å². The van der Waals surface area contributed by atoms with Crippen molar-refractivity contribution in [3.63, 3.8) is 0 Å². The molecule has 0 bridgehead atoms. The van der Waals surface area contributed by atoms with E-state index in [0.29, 0.717) is 0 Å². The topological polar surface area (TPSA) is 40.5 Å². The Kier molecular flexibility index (Phi) is 3.81. The van der Waals surface area contributed by atoms with E-state index in [-0.39, 0.29) is 11.5 Å². The highest BCUT2D eigenvalue weighted by molar-refractivity contribution is 9.10. The average Bonchev–Trinajstić information content (AvgIpc) is 3.02. The summed E-state index contributed by atoms with van der Waals surface area (Å²) in [4.78, 5) is 0. The van der Waals surface area contributed by atoms with Crippen molar-refractivity contribution in [1.29, 1.82) is 0 Å². The summed E-state index contributed by atoms with van der Waals surface area (Å²) in [5, 5.41) is 19.8. The number of halogens is 1. The average molecular weight is 429 g/mol. The van der Waals surface area contributed by atoms with Gasteiger partial charge in [-0.15, -0.1) is 0 Å². The van der Waals surface area contributed by atoms with E-state index in [1.807, 2.05) is 24.3 Å². The summed E-state index contributed by atoms with van der Waals surface area (Å²) in [5.41, 5.74) is 6.32. The maximum atomic E-state index is 9.89. The molecule has 0 aliphatic heterocycles. The number of phenols is 2. The molecule has 4 aromatic carbocycles. The molecule has 0 aromatic heterocycles. The normalized spacial score (nSPS) is 13.8. The molecule has 5 rings (SSSR count). The van der Waals surface area contributed by atoms with E-state index >= 15 is 0 Å². The summed E-state index contributed by atoms with van der Waals surface area (Å²) in [6, 6.07) is 29.6. The number of benzene rings is 4. The summed E-state index contributed by atoms with van der Waals surface area (Å²) in [7, 11) is 0. The van der Waals surface area contributed by atoms with Crippen LogP contribution in [0.3, 0.4) is 0 Å².